The molecule has 94 valence electrons. The van der Waals surface area contributed by atoms with Crippen molar-refractivity contribution in [1.82, 2.24) is 0 Å². The van der Waals surface area contributed by atoms with E-state index in [1.54, 1.807) is 24.3 Å². The Morgan fingerprint density at radius 2 is 1.82 bits per heavy atom. The van der Waals surface area contributed by atoms with Gasteiger partial charge in [0.2, 0.25) is 0 Å². The summed E-state index contributed by atoms with van der Waals surface area (Å²) in [6.45, 7) is -1.27. The van der Waals surface area contributed by atoms with Crippen molar-refractivity contribution >= 4 is 20.2 Å². The molecule has 0 bridgehead atoms. The molecule has 2 unspecified atom stereocenters. The van der Waals surface area contributed by atoms with Crippen LogP contribution in [0.2, 0.25) is 4.44 Å². The first-order valence-electron chi connectivity index (χ1n) is 5.17. The Morgan fingerprint density at radius 3 is 2.41 bits per heavy atom. The summed E-state index contributed by atoms with van der Waals surface area (Å²) < 4.78 is 53.2. The number of hydrogen-bond donors (Lipinski definition) is 0. The number of benzene rings is 1. The van der Waals surface area contributed by atoms with E-state index in [1.807, 2.05) is 6.07 Å². The molecule has 0 radical (unpaired) electrons. The molecular weight excluding hydrogens is 340 g/mol. The SMILES string of the molecule is [O]=[Sn]([CH2]C(F)C(F)CF)[O]Cc1ccccc1. The summed E-state index contributed by atoms with van der Waals surface area (Å²) in [6, 6.07) is 8.98. The molecule has 0 aliphatic rings. The first kappa shape index (κ1) is 14.6. The Hall–Kier alpha value is -0.431. The molecule has 1 rings (SSSR count). The summed E-state index contributed by atoms with van der Waals surface area (Å²) in [4.78, 5) is 0. The van der Waals surface area contributed by atoms with Crippen LogP contribution in [-0.2, 0) is 12.8 Å². The van der Waals surface area contributed by atoms with Crippen LogP contribution < -0.4 is 0 Å². The van der Waals surface area contributed by atoms with Crippen LogP contribution in [-0.4, -0.2) is 39.2 Å². The van der Waals surface area contributed by atoms with E-state index < -0.39 is 43.6 Å². The third-order valence-corrected chi connectivity index (χ3v) is 5.54. The molecule has 2 nitrogen and oxygen atoms in total. The molecule has 0 aliphatic heterocycles. The van der Waals surface area contributed by atoms with Crippen molar-refractivity contribution in [1.29, 1.82) is 0 Å². The molecular formula is C11H13F3O2Sn. The molecule has 17 heavy (non-hydrogen) atoms. The van der Waals surface area contributed by atoms with Crippen LogP contribution in [0.1, 0.15) is 5.56 Å². The molecule has 0 aromatic heterocycles. The maximum absolute atomic E-state index is 12.9. The van der Waals surface area contributed by atoms with Crippen LogP contribution in [0.4, 0.5) is 13.2 Å². The van der Waals surface area contributed by atoms with Crippen molar-refractivity contribution in [3.05, 3.63) is 35.9 Å². The van der Waals surface area contributed by atoms with Gasteiger partial charge in [-0.3, -0.25) is 0 Å². The van der Waals surface area contributed by atoms with Crippen LogP contribution >= 0.6 is 0 Å². The Bertz CT molecular complexity index is 348. The average Bonchev–Trinajstić information content (AvgIpc) is 2.36. The van der Waals surface area contributed by atoms with Gasteiger partial charge in [0, 0.05) is 0 Å². The van der Waals surface area contributed by atoms with Gasteiger partial charge < -0.3 is 0 Å². The third kappa shape index (κ3) is 5.63. The molecule has 6 heteroatoms. The van der Waals surface area contributed by atoms with Crippen LogP contribution in [0.15, 0.2) is 30.3 Å². The molecule has 0 N–H and O–H groups in total. The molecule has 0 spiro atoms. The molecule has 0 aliphatic carbocycles. The summed E-state index contributed by atoms with van der Waals surface area (Å²) >= 11 is -3.59. The van der Waals surface area contributed by atoms with E-state index in [0.717, 1.165) is 5.56 Å². The van der Waals surface area contributed by atoms with Gasteiger partial charge in [-0.25, -0.2) is 0 Å². The molecule has 0 saturated heterocycles. The molecule has 2 atom stereocenters. The molecule has 1 aromatic carbocycles. The van der Waals surface area contributed by atoms with Crippen molar-refractivity contribution in [3.63, 3.8) is 0 Å². The predicted octanol–water partition coefficient (Wildman–Crippen LogP) is 2.77. The van der Waals surface area contributed by atoms with Gasteiger partial charge in [-0.1, -0.05) is 0 Å². The van der Waals surface area contributed by atoms with Gasteiger partial charge in [0.25, 0.3) is 0 Å². The fourth-order valence-electron chi connectivity index (χ4n) is 1.18. The second kappa shape index (κ2) is 7.81. The fraction of sp³-hybridized carbons (Fsp3) is 0.455. The molecule has 1 aromatic rings. The predicted molar refractivity (Wildman–Crippen MR) is 58.2 cm³/mol. The second-order valence-corrected chi connectivity index (χ2v) is 7.65. The van der Waals surface area contributed by atoms with Crippen molar-refractivity contribution in [2.75, 3.05) is 6.67 Å². The normalized spacial score (nSPS) is 14.3. The van der Waals surface area contributed by atoms with Crippen molar-refractivity contribution in [3.8, 4) is 0 Å². The second-order valence-electron chi connectivity index (χ2n) is 3.54. The van der Waals surface area contributed by atoms with E-state index in [9.17, 15) is 16.2 Å². The van der Waals surface area contributed by atoms with Gasteiger partial charge in [0.15, 0.2) is 0 Å². The van der Waals surface area contributed by atoms with Crippen LogP contribution in [0.3, 0.4) is 0 Å². The Morgan fingerprint density at radius 1 is 1.18 bits per heavy atom. The third-order valence-electron chi connectivity index (χ3n) is 2.14. The summed E-state index contributed by atoms with van der Waals surface area (Å²) in [7, 11) is 0. The van der Waals surface area contributed by atoms with Gasteiger partial charge in [0.1, 0.15) is 0 Å². The van der Waals surface area contributed by atoms with Crippen LogP contribution in [0.25, 0.3) is 0 Å². The minimum atomic E-state index is -3.59. The zero-order chi connectivity index (χ0) is 12.7. The molecule has 0 fully saturated rings. The number of alkyl halides is 3. The first-order valence-corrected chi connectivity index (χ1v) is 9.52. The van der Waals surface area contributed by atoms with Gasteiger partial charge in [-0.05, 0) is 0 Å². The quantitative estimate of drug-likeness (QED) is 0.705. The van der Waals surface area contributed by atoms with E-state index >= 15 is 0 Å². The van der Waals surface area contributed by atoms with Crippen molar-refractivity contribution in [2.45, 2.75) is 23.4 Å². The topological polar surface area (TPSA) is 26.3 Å². The fourth-order valence-corrected chi connectivity index (χ4v) is 4.09. The zero-order valence-electron chi connectivity index (χ0n) is 9.11. The van der Waals surface area contributed by atoms with E-state index in [0.29, 0.717) is 0 Å². The van der Waals surface area contributed by atoms with Gasteiger partial charge in [-0.15, -0.1) is 0 Å². The van der Waals surface area contributed by atoms with Gasteiger partial charge >= 0.3 is 105 Å². The number of halogens is 3. The van der Waals surface area contributed by atoms with Crippen molar-refractivity contribution in [2.24, 2.45) is 0 Å². The molecule has 0 saturated carbocycles. The van der Waals surface area contributed by atoms with Gasteiger partial charge in [0.05, 0.1) is 0 Å². The first-order chi connectivity index (χ1) is 8.13. The van der Waals surface area contributed by atoms with Crippen LogP contribution in [0, 0.1) is 0 Å². The van der Waals surface area contributed by atoms with Crippen LogP contribution in [0.5, 0.6) is 0 Å². The number of rotatable bonds is 7. The summed E-state index contributed by atoms with van der Waals surface area (Å²) in [6.07, 6.45) is -4.22. The van der Waals surface area contributed by atoms with E-state index in [2.05, 4.69) is 0 Å². The molecule has 0 amide bonds. The van der Waals surface area contributed by atoms with E-state index in [-0.39, 0.29) is 6.61 Å². The average molecular weight is 353 g/mol. The van der Waals surface area contributed by atoms with Gasteiger partial charge in [-0.2, -0.15) is 0 Å². The van der Waals surface area contributed by atoms with E-state index in [4.69, 9.17) is 3.07 Å². The summed E-state index contributed by atoms with van der Waals surface area (Å²) in [5, 5.41) is 0. The number of hydrogen-bond acceptors (Lipinski definition) is 2. The monoisotopic (exact) mass is 354 g/mol. The molecule has 0 heterocycles. The standard InChI is InChI=1S/C7H7O.C4H6F3.O.Sn/c8-6-7-4-2-1-3-5-7;1-3(6)4(7)2-5;;/h1-5H,6H2;3-4H,1-2H2;;/q-1;;;+1. The Kier molecular flexibility index (Phi) is 6.72. The summed E-state index contributed by atoms with van der Waals surface area (Å²) in [5.41, 5.74) is 0.819. The minimum absolute atomic E-state index is 0.123. The zero-order valence-corrected chi connectivity index (χ0v) is 12.0. The Balaban J connectivity index is 2.31. The van der Waals surface area contributed by atoms with E-state index in [1.165, 1.54) is 0 Å². The maximum atomic E-state index is 12.9. The Labute approximate surface area is 105 Å². The van der Waals surface area contributed by atoms with Crippen molar-refractivity contribution < 1.29 is 19.3 Å². The summed E-state index contributed by atoms with van der Waals surface area (Å²) in [5.74, 6) is 0.